The lowest BCUT2D eigenvalue weighted by molar-refractivity contribution is 0.710. The zero-order valence-electron chi connectivity index (χ0n) is 16.6. The highest BCUT2D eigenvalue weighted by molar-refractivity contribution is 5.90. The Balaban J connectivity index is 1.46. The smallest absolute Gasteiger partial charge is 0.228 e. The average molecular weight is 380 g/mol. The van der Waals surface area contributed by atoms with Crippen LogP contribution < -0.4 is 10.2 Å². The SMILES string of the molecule is Cc1ccc(CNc2nc(N3CCc4ccccc4C3)nc3ccccc23)cc1. The summed E-state index contributed by atoms with van der Waals surface area (Å²) < 4.78 is 0. The average Bonchev–Trinajstić information content (AvgIpc) is 2.78. The van der Waals surface area contributed by atoms with Crippen LogP contribution in [0.3, 0.4) is 0 Å². The Morgan fingerprint density at radius 3 is 2.48 bits per heavy atom. The molecule has 4 aromatic rings. The molecular weight excluding hydrogens is 356 g/mol. The Morgan fingerprint density at radius 2 is 1.62 bits per heavy atom. The van der Waals surface area contributed by atoms with Gasteiger partial charge in [-0.2, -0.15) is 4.98 Å². The standard InChI is InChI=1S/C25H24N4/c1-18-10-12-19(13-11-18)16-26-24-22-8-4-5-9-23(22)27-25(28-24)29-15-14-20-6-2-3-7-21(20)17-29/h2-13H,14-17H2,1H3,(H,26,27,28). The van der Waals surface area contributed by atoms with E-state index >= 15 is 0 Å². The molecule has 0 saturated heterocycles. The van der Waals surface area contributed by atoms with Crippen LogP contribution in [0, 0.1) is 6.92 Å². The monoisotopic (exact) mass is 380 g/mol. The van der Waals surface area contributed by atoms with Crippen molar-refractivity contribution in [3.8, 4) is 0 Å². The minimum atomic E-state index is 0.740. The fourth-order valence-corrected chi connectivity index (χ4v) is 3.90. The van der Waals surface area contributed by atoms with Gasteiger partial charge in [0, 0.05) is 25.0 Å². The largest absolute Gasteiger partial charge is 0.365 e. The van der Waals surface area contributed by atoms with Gasteiger partial charge in [0.2, 0.25) is 5.95 Å². The summed E-state index contributed by atoms with van der Waals surface area (Å²) >= 11 is 0. The van der Waals surface area contributed by atoms with E-state index in [9.17, 15) is 0 Å². The van der Waals surface area contributed by atoms with Crippen molar-refractivity contribution in [2.75, 3.05) is 16.8 Å². The highest BCUT2D eigenvalue weighted by Crippen LogP contribution is 2.27. The van der Waals surface area contributed by atoms with Crippen molar-refractivity contribution in [2.45, 2.75) is 26.4 Å². The van der Waals surface area contributed by atoms with E-state index in [0.717, 1.165) is 48.7 Å². The first kappa shape index (κ1) is 17.7. The van der Waals surface area contributed by atoms with Crippen LogP contribution in [0.4, 0.5) is 11.8 Å². The molecule has 3 aromatic carbocycles. The number of hydrogen-bond acceptors (Lipinski definition) is 4. The molecule has 1 aliphatic heterocycles. The van der Waals surface area contributed by atoms with E-state index in [1.165, 1.54) is 22.3 Å². The molecule has 0 atom stereocenters. The van der Waals surface area contributed by atoms with E-state index in [1.807, 2.05) is 12.1 Å². The van der Waals surface area contributed by atoms with Crippen LogP contribution >= 0.6 is 0 Å². The zero-order valence-corrected chi connectivity index (χ0v) is 16.6. The number of fused-ring (bicyclic) bond motifs is 2. The molecule has 2 heterocycles. The number of anilines is 2. The fourth-order valence-electron chi connectivity index (χ4n) is 3.90. The molecule has 0 spiro atoms. The lowest BCUT2D eigenvalue weighted by Crippen LogP contribution is -2.31. The highest BCUT2D eigenvalue weighted by Gasteiger charge is 2.19. The van der Waals surface area contributed by atoms with Gasteiger partial charge < -0.3 is 10.2 Å². The number of nitrogens with zero attached hydrogens (tertiary/aromatic N) is 3. The Hall–Kier alpha value is -3.40. The van der Waals surface area contributed by atoms with Crippen LogP contribution in [-0.4, -0.2) is 16.5 Å². The van der Waals surface area contributed by atoms with Crippen molar-refractivity contribution < 1.29 is 0 Å². The molecule has 4 heteroatoms. The Kier molecular flexibility index (Phi) is 4.60. The van der Waals surface area contributed by atoms with Gasteiger partial charge in [-0.25, -0.2) is 4.98 Å². The molecule has 0 bridgehead atoms. The van der Waals surface area contributed by atoms with Gasteiger partial charge in [-0.3, -0.25) is 0 Å². The summed E-state index contributed by atoms with van der Waals surface area (Å²) in [5, 5.41) is 4.60. The highest BCUT2D eigenvalue weighted by atomic mass is 15.3. The van der Waals surface area contributed by atoms with Crippen LogP contribution in [0.2, 0.25) is 0 Å². The summed E-state index contributed by atoms with van der Waals surface area (Å²) in [6.45, 7) is 4.64. The van der Waals surface area contributed by atoms with Crippen LogP contribution in [0.1, 0.15) is 22.3 Å². The van der Waals surface area contributed by atoms with Crippen molar-refractivity contribution in [1.82, 2.24) is 9.97 Å². The second-order valence-corrected chi connectivity index (χ2v) is 7.67. The molecule has 4 nitrogen and oxygen atoms in total. The van der Waals surface area contributed by atoms with E-state index in [0.29, 0.717) is 0 Å². The maximum Gasteiger partial charge on any atom is 0.228 e. The molecule has 1 aliphatic rings. The number of hydrogen-bond donors (Lipinski definition) is 1. The predicted molar refractivity (Wildman–Crippen MR) is 119 cm³/mol. The van der Waals surface area contributed by atoms with E-state index in [1.54, 1.807) is 0 Å². The molecular formula is C25H24N4. The number of aromatic nitrogens is 2. The minimum Gasteiger partial charge on any atom is -0.365 e. The number of aryl methyl sites for hydroxylation is 1. The van der Waals surface area contributed by atoms with Crippen LogP contribution in [0.15, 0.2) is 72.8 Å². The van der Waals surface area contributed by atoms with E-state index in [-0.39, 0.29) is 0 Å². The first-order valence-corrected chi connectivity index (χ1v) is 10.1. The van der Waals surface area contributed by atoms with Crippen molar-refractivity contribution in [3.63, 3.8) is 0 Å². The molecule has 0 radical (unpaired) electrons. The molecule has 0 aliphatic carbocycles. The molecule has 29 heavy (non-hydrogen) atoms. The van der Waals surface area contributed by atoms with Crippen molar-refractivity contribution in [2.24, 2.45) is 0 Å². The van der Waals surface area contributed by atoms with Gasteiger partial charge >= 0.3 is 0 Å². The summed E-state index contributed by atoms with van der Waals surface area (Å²) in [5.41, 5.74) is 6.29. The predicted octanol–water partition coefficient (Wildman–Crippen LogP) is 5.11. The van der Waals surface area contributed by atoms with Gasteiger partial charge in [-0.15, -0.1) is 0 Å². The summed E-state index contributed by atoms with van der Waals surface area (Å²) in [5.74, 6) is 1.69. The molecule has 0 unspecified atom stereocenters. The molecule has 0 saturated carbocycles. The van der Waals surface area contributed by atoms with E-state index in [2.05, 4.69) is 77.8 Å². The molecule has 1 aromatic heterocycles. The maximum atomic E-state index is 4.93. The summed E-state index contributed by atoms with van der Waals surface area (Å²) in [6, 6.07) is 25.5. The van der Waals surface area contributed by atoms with Crippen molar-refractivity contribution >= 4 is 22.7 Å². The Bertz CT molecular complexity index is 1150. The van der Waals surface area contributed by atoms with Crippen molar-refractivity contribution in [3.05, 3.63) is 95.1 Å². The third kappa shape index (κ3) is 3.66. The van der Waals surface area contributed by atoms with Gasteiger partial charge in [0.1, 0.15) is 5.82 Å². The van der Waals surface area contributed by atoms with E-state index in [4.69, 9.17) is 9.97 Å². The molecule has 144 valence electrons. The first-order valence-electron chi connectivity index (χ1n) is 10.1. The lowest BCUT2D eigenvalue weighted by atomic mass is 10.0. The van der Waals surface area contributed by atoms with Crippen LogP contribution in [0.25, 0.3) is 10.9 Å². The van der Waals surface area contributed by atoms with Gasteiger partial charge in [-0.05, 0) is 42.2 Å². The summed E-state index contributed by atoms with van der Waals surface area (Å²) in [4.78, 5) is 12.1. The second kappa shape index (κ2) is 7.55. The molecule has 0 amide bonds. The quantitative estimate of drug-likeness (QED) is 0.534. The number of benzene rings is 3. The number of para-hydroxylation sites is 1. The van der Waals surface area contributed by atoms with Gasteiger partial charge in [0.25, 0.3) is 0 Å². The molecule has 0 fully saturated rings. The maximum absolute atomic E-state index is 4.93. The topological polar surface area (TPSA) is 41.1 Å². The zero-order chi connectivity index (χ0) is 19.6. The summed E-state index contributed by atoms with van der Waals surface area (Å²) in [6.07, 6.45) is 1.03. The first-order chi connectivity index (χ1) is 14.3. The third-order valence-corrected chi connectivity index (χ3v) is 5.59. The third-order valence-electron chi connectivity index (χ3n) is 5.59. The summed E-state index contributed by atoms with van der Waals surface area (Å²) in [7, 11) is 0. The Labute approximate surface area is 171 Å². The van der Waals surface area contributed by atoms with Crippen LogP contribution in [-0.2, 0) is 19.5 Å². The fraction of sp³-hybridized carbons (Fsp3) is 0.200. The van der Waals surface area contributed by atoms with Crippen molar-refractivity contribution in [1.29, 1.82) is 0 Å². The minimum absolute atomic E-state index is 0.740. The molecule has 1 N–H and O–H groups in total. The number of rotatable bonds is 4. The lowest BCUT2D eigenvalue weighted by Gasteiger charge is -2.29. The van der Waals surface area contributed by atoms with E-state index < -0.39 is 0 Å². The Morgan fingerprint density at radius 1 is 0.862 bits per heavy atom. The molecule has 5 rings (SSSR count). The normalized spacial score (nSPS) is 13.3. The van der Waals surface area contributed by atoms with Gasteiger partial charge in [0.15, 0.2) is 0 Å². The second-order valence-electron chi connectivity index (χ2n) is 7.67. The van der Waals surface area contributed by atoms with Gasteiger partial charge in [-0.1, -0.05) is 66.2 Å². The number of nitrogens with one attached hydrogen (secondary N) is 1. The van der Waals surface area contributed by atoms with Gasteiger partial charge in [0.05, 0.1) is 5.52 Å². The van der Waals surface area contributed by atoms with Crippen LogP contribution in [0.5, 0.6) is 0 Å².